The lowest BCUT2D eigenvalue weighted by Gasteiger charge is -2.12. The molecule has 0 amide bonds. The second-order valence-corrected chi connectivity index (χ2v) is 15.5. The minimum absolute atomic E-state index is 0.0236. The molecule has 0 aliphatic heterocycles. The van der Waals surface area contributed by atoms with Gasteiger partial charge in [0.25, 0.3) is 0 Å². The minimum Gasteiger partial charge on any atom is -0.254 e. The van der Waals surface area contributed by atoms with Crippen molar-refractivity contribution >= 4 is 66.3 Å². The average molecular weight is 804 g/mol. The van der Waals surface area contributed by atoms with E-state index in [9.17, 15) is 0 Å². The van der Waals surface area contributed by atoms with Crippen LogP contribution in [0, 0.1) is 0 Å². The van der Waals surface area contributed by atoms with Crippen molar-refractivity contribution in [3.8, 4) is 43.3 Å². The van der Waals surface area contributed by atoms with Crippen molar-refractivity contribution in [3.05, 3.63) is 242 Å². The molecule has 0 spiro atoms. The number of nitrogens with zero attached hydrogens (tertiary/aromatic N) is 2. The summed E-state index contributed by atoms with van der Waals surface area (Å²) in [5.74, 6) is 0. The summed E-state index contributed by atoms with van der Waals surface area (Å²) >= 11 is 1.80. The first-order chi connectivity index (χ1) is 33.1. The van der Waals surface area contributed by atoms with E-state index < -0.39 is 24.3 Å². The second-order valence-electron chi connectivity index (χ2n) is 14.4. The highest BCUT2D eigenvalue weighted by Crippen LogP contribution is 2.50. The zero-order valence-electron chi connectivity index (χ0n) is 39.9. The van der Waals surface area contributed by atoms with Crippen LogP contribution < -0.4 is 0 Å². The standard InChI is InChI=1S/C58H40N2S/c1-40(41-20-6-2-3-7-21-42(33-32-41)53-37-36-45-35-34-44-27-18-38-59-55(44)56(45)60-53)19-12-14-31-51-54(43-22-8-4-9-23-43)58(61-57(51)46-24-10-5-11-25-46)52-39-47-26-13-15-28-48(47)49-29-16-17-30-50(49)52/h2-39H,1H2/b3-2?,6-2?,7-3?,19-12-,20-6?,21-7?,31-14+,33-32?,41-20?,41-32?,42-21?,42-33?/i18D,27D,34D,35D,36D,37D,38D. The monoisotopic (exact) mass is 803 g/mol. The maximum atomic E-state index is 9.03. The number of rotatable bonds is 8. The molecule has 10 rings (SSSR count). The summed E-state index contributed by atoms with van der Waals surface area (Å²) in [7, 11) is 0. The van der Waals surface area contributed by atoms with Crippen molar-refractivity contribution in [2.75, 3.05) is 0 Å². The first kappa shape index (κ1) is 30.3. The Morgan fingerprint density at radius 3 is 1.98 bits per heavy atom. The molecule has 0 radical (unpaired) electrons. The zero-order valence-corrected chi connectivity index (χ0v) is 33.7. The third kappa shape index (κ3) is 7.55. The van der Waals surface area contributed by atoms with E-state index >= 15 is 0 Å². The van der Waals surface area contributed by atoms with Gasteiger partial charge < -0.3 is 0 Å². The van der Waals surface area contributed by atoms with Crippen LogP contribution in [-0.2, 0) is 0 Å². The Hall–Kier alpha value is -7.72. The molecular weight excluding hydrogens is 757 g/mol. The van der Waals surface area contributed by atoms with E-state index in [1.807, 2.05) is 54.6 Å². The lowest BCUT2D eigenvalue weighted by Crippen LogP contribution is -1.88. The SMILES string of the molecule is [2H]c1nc2c(c([2H])c1[2H])c([2H])c([2H])c1c([2H])c([2H])c(-c3ccccccc(C(=C)/C=C\C=C\c4c(-c5ccccc5)sc(-c5cc6ccccc6c6ccccc56)c4-c4ccccc4)cc3)nc12. The highest BCUT2D eigenvalue weighted by Gasteiger charge is 2.22. The van der Waals surface area contributed by atoms with Crippen molar-refractivity contribution in [1.29, 1.82) is 0 Å². The number of thiophene rings is 1. The number of allylic oxidation sites excluding steroid dienone is 4. The van der Waals surface area contributed by atoms with Crippen LogP contribution in [0.25, 0.3) is 98.3 Å². The summed E-state index contributed by atoms with van der Waals surface area (Å²) in [6, 6.07) is 53.3. The molecule has 0 saturated heterocycles. The van der Waals surface area contributed by atoms with Crippen molar-refractivity contribution in [1.82, 2.24) is 9.97 Å². The Morgan fingerprint density at radius 1 is 0.541 bits per heavy atom. The number of pyridine rings is 2. The smallest absolute Gasteiger partial charge is 0.0972 e. The number of aromatic nitrogens is 2. The summed E-state index contributed by atoms with van der Waals surface area (Å²) in [6.07, 6.45) is 7.71. The van der Waals surface area contributed by atoms with E-state index in [1.54, 1.807) is 29.5 Å². The Kier molecular flexibility index (Phi) is 8.39. The molecule has 0 saturated carbocycles. The number of benzene rings is 6. The molecule has 3 aromatic heterocycles. The molecule has 0 N–H and O–H groups in total. The van der Waals surface area contributed by atoms with E-state index in [1.165, 1.54) is 32.0 Å². The third-order valence-electron chi connectivity index (χ3n) is 10.7. The number of hydrogen-bond donors (Lipinski definition) is 0. The normalized spacial score (nSPS) is 13.1. The molecule has 3 heteroatoms. The molecule has 2 nitrogen and oxygen atoms in total. The summed E-state index contributed by atoms with van der Waals surface area (Å²) < 4.78 is 60.2. The van der Waals surface area contributed by atoms with E-state index in [-0.39, 0.29) is 45.6 Å². The van der Waals surface area contributed by atoms with Gasteiger partial charge in [0.15, 0.2) is 0 Å². The molecule has 0 bridgehead atoms. The fourth-order valence-electron chi connectivity index (χ4n) is 7.71. The molecule has 0 unspecified atom stereocenters. The predicted octanol–water partition coefficient (Wildman–Crippen LogP) is 16.2. The molecule has 7 aromatic carbocycles. The van der Waals surface area contributed by atoms with Gasteiger partial charge in [-0.2, -0.15) is 0 Å². The Balaban J connectivity index is 1.07. The van der Waals surface area contributed by atoms with Crippen LogP contribution in [0.2, 0.25) is 0 Å². The number of fused-ring (bicyclic) bond motifs is 6. The van der Waals surface area contributed by atoms with Crippen molar-refractivity contribution in [3.63, 3.8) is 0 Å². The van der Waals surface area contributed by atoms with Gasteiger partial charge in [0.05, 0.1) is 26.3 Å². The van der Waals surface area contributed by atoms with Gasteiger partial charge in [0.1, 0.15) is 0 Å². The molecule has 3 heterocycles. The van der Waals surface area contributed by atoms with Gasteiger partial charge >= 0.3 is 0 Å². The molecule has 61 heavy (non-hydrogen) atoms. The highest BCUT2D eigenvalue weighted by molar-refractivity contribution is 7.20. The lowest BCUT2D eigenvalue weighted by molar-refractivity contribution is 1.37. The van der Waals surface area contributed by atoms with Gasteiger partial charge in [0, 0.05) is 49.0 Å². The fourth-order valence-corrected chi connectivity index (χ4v) is 9.06. The summed E-state index contributed by atoms with van der Waals surface area (Å²) in [4.78, 5) is 11.3. The van der Waals surface area contributed by atoms with Gasteiger partial charge in [-0.3, -0.25) is 4.98 Å². The second kappa shape index (κ2) is 16.9. The van der Waals surface area contributed by atoms with Gasteiger partial charge in [0.2, 0.25) is 0 Å². The van der Waals surface area contributed by atoms with Crippen molar-refractivity contribution in [2.45, 2.75) is 0 Å². The molecule has 10 aromatic rings. The molecule has 288 valence electrons. The highest BCUT2D eigenvalue weighted by atomic mass is 32.1. The first-order valence-electron chi connectivity index (χ1n) is 23.4. The van der Waals surface area contributed by atoms with Crippen LogP contribution >= 0.6 is 11.3 Å². The Morgan fingerprint density at radius 2 is 1.18 bits per heavy atom. The Bertz CT molecular complexity index is 3790. The average Bonchev–Trinajstić information content (AvgIpc) is 3.75. The van der Waals surface area contributed by atoms with Gasteiger partial charge in [-0.25, -0.2) is 4.98 Å². The molecule has 0 aliphatic carbocycles. The van der Waals surface area contributed by atoms with Crippen LogP contribution in [0.1, 0.15) is 20.7 Å². The largest absolute Gasteiger partial charge is 0.254 e. The lowest BCUT2D eigenvalue weighted by atomic mass is 9.91. The first-order valence-corrected chi connectivity index (χ1v) is 20.8. The van der Waals surface area contributed by atoms with Crippen LogP contribution in [0.4, 0.5) is 0 Å². The maximum Gasteiger partial charge on any atom is 0.0972 e. The minimum atomic E-state index is -0.474. The van der Waals surface area contributed by atoms with Crippen LogP contribution in [0.3, 0.4) is 0 Å². The van der Waals surface area contributed by atoms with E-state index in [0.717, 1.165) is 32.7 Å². The third-order valence-corrected chi connectivity index (χ3v) is 11.9. The molecule has 0 atom stereocenters. The van der Waals surface area contributed by atoms with Gasteiger partial charge in [-0.05, 0) is 62.0 Å². The topological polar surface area (TPSA) is 25.8 Å². The predicted molar refractivity (Wildman–Crippen MR) is 263 cm³/mol. The van der Waals surface area contributed by atoms with Crippen molar-refractivity contribution in [2.24, 2.45) is 0 Å². The summed E-state index contributed by atoms with van der Waals surface area (Å²) in [6.45, 7) is 4.43. The van der Waals surface area contributed by atoms with E-state index in [2.05, 4.69) is 127 Å². The molecular formula is C58H40N2S. The summed E-state index contributed by atoms with van der Waals surface area (Å²) in [5.41, 5.74) is 7.81. The van der Waals surface area contributed by atoms with Gasteiger partial charge in [-0.15, -0.1) is 11.3 Å². The zero-order chi connectivity index (χ0) is 47.1. The number of hydrogen-bond acceptors (Lipinski definition) is 3. The Labute approximate surface area is 370 Å². The maximum absolute atomic E-state index is 9.03. The summed E-state index contributed by atoms with van der Waals surface area (Å²) in [5, 5.41) is 4.67. The van der Waals surface area contributed by atoms with E-state index in [4.69, 9.17) is 14.6 Å². The van der Waals surface area contributed by atoms with Crippen LogP contribution in [0.5, 0.6) is 0 Å². The van der Waals surface area contributed by atoms with E-state index in [0.29, 0.717) is 11.1 Å². The van der Waals surface area contributed by atoms with Crippen LogP contribution in [-0.4, -0.2) is 9.97 Å². The van der Waals surface area contributed by atoms with Crippen molar-refractivity contribution < 1.29 is 9.60 Å². The fraction of sp³-hybridized carbons (Fsp3) is 0. The van der Waals surface area contributed by atoms with Gasteiger partial charge in [-0.1, -0.05) is 213 Å². The quantitative estimate of drug-likeness (QED) is 0.113. The molecule has 0 fully saturated rings. The molecule has 0 aliphatic rings. The van der Waals surface area contributed by atoms with Crippen LogP contribution in [0.15, 0.2) is 231 Å².